The lowest BCUT2D eigenvalue weighted by Crippen LogP contribution is -2.46. The van der Waals surface area contributed by atoms with Crippen LogP contribution in [0.1, 0.15) is 10.4 Å². The molecule has 6 heteroatoms. The first-order chi connectivity index (χ1) is 11.6. The van der Waals surface area contributed by atoms with E-state index < -0.39 is 0 Å². The predicted molar refractivity (Wildman–Crippen MR) is 103 cm³/mol. The molecule has 0 atom stereocenters. The van der Waals surface area contributed by atoms with Crippen molar-refractivity contribution in [1.29, 1.82) is 0 Å². The highest BCUT2D eigenvalue weighted by atomic mass is 35.5. The number of nitrogens with two attached hydrogens (primary N) is 1. The van der Waals surface area contributed by atoms with Crippen LogP contribution in [0.15, 0.2) is 23.6 Å². The zero-order chi connectivity index (χ0) is 17.1. The maximum Gasteiger partial charge on any atom is 0.0644 e. The number of halogens is 1. The monoisotopic (exact) mass is 365 g/mol. The molecule has 0 amide bonds. The van der Waals surface area contributed by atoms with Crippen molar-refractivity contribution in [3.63, 3.8) is 0 Å². The SMILES string of the molecule is Cc1cc(-c2csc(CN3CCN(CCO)CC3)c2)cc(Cl)c1N. The minimum absolute atomic E-state index is 0.248. The second-order valence-corrected chi connectivity index (χ2v) is 7.73. The Labute approximate surface area is 152 Å². The first kappa shape index (κ1) is 17.7. The van der Waals surface area contributed by atoms with E-state index in [1.165, 1.54) is 10.4 Å². The lowest BCUT2D eigenvalue weighted by molar-refractivity contribution is 0.109. The average Bonchev–Trinajstić information content (AvgIpc) is 3.03. The van der Waals surface area contributed by atoms with Gasteiger partial charge >= 0.3 is 0 Å². The van der Waals surface area contributed by atoms with E-state index in [9.17, 15) is 0 Å². The molecule has 0 unspecified atom stereocenters. The number of rotatable bonds is 5. The van der Waals surface area contributed by atoms with E-state index in [2.05, 4.69) is 27.3 Å². The molecule has 0 radical (unpaired) electrons. The molecule has 4 nitrogen and oxygen atoms in total. The third kappa shape index (κ3) is 4.10. The van der Waals surface area contributed by atoms with E-state index in [0.29, 0.717) is 10.7 Å². The second-order valence-electron chi connectivity index (χ2n) is 6.33. The summed E-state index contributed by atoms with van der Waals surface area (Å²) >= 11 is 8.01. The number of anilines is 1. The van der Waals surface area contributed by atoms with Crippen LogP contribution in [-0.4, -0.2) is 54.2 Å². The van der Waals surface area contributed by atoms with Gasteiger partial charge in [-0.3, -0.25) is 9.80 Å². The summed E-state index contributed by atoms with van der Waals surface area (Å²) in [6.07, 6.45) is 0. The molecular weight excluding hydrogens is 342 g/mol. The summed E-state index contributed by atoms with van der Waals surface area (Å²) in [5.74, 6) is 0. The quantitative estimate of drug-likeness (QED) is 0.799. The van der Waals surface area contributed by atoms with Crippen LogP contribution in [0.4, 0.5) is 5.69 Å². The van der Waals surface area contributed by atoms with E-state index in [4.69, 9.17) is 22.4 Å². The number of hydrogen-bond acceptors (Lipinski definition) is 5. The smallest absolute Gasteiger partial charge is 0.0644 e. The summed E-state index contributed by atoms with van der Waals surface area (Å²) in [4.78, 5) is 6.16. The van der Waals surface area contributed by atoms with Crippen molar-refractivity contribution in [2.75, 3.05) is 45.1 Å². The number of hydrogen-bond donors (Lipinski definition) is 2. The van der Waals surface area contributed by atoms with Gasteiger partial charge in [-0.05, 0) is 47.2 Å². The van der Waals surface area contributed by atoms with Gasteiger partial charge in [0.25, 0.3) is 0 Å². The number of piperazine rings is 1. The molecule has 24 heavy (non-hydrogen) atoms. The summed E-state index contributed by atoms with van der Waals surface area (Å²) in [5, 5.41) is 11.8. The molecule has 0 saturated carbocycles. The summed E-state index contributed by atoms with van der Waals surface area (Å²) in [6.45, 7) is 8.19. The number of nitrogens with zero attached hydrogens (tertiary/aromatic N) is 2. The molecular formula is C18H24ClN3OS. The highest BCUT2D eigenvalue weighted by Gasteiger charge is 2.17. The van der Waals surface area contributed by atoms with Crippen molar-refractivity contribution in [1.82, 2.24) is 9.80 Å². The van der Waals surface area contributed by atoms with Crippen LogP contribution in [0.2, 0.25) is 5.02 Å². The second kappa shape index (κ2) is 7.85. The molecule has 0 aliphatic carbocycles. The number of β-amino-alcohol motifs (C(OH)–C–C–N with tert-alkyl or cyclic N) is 1. The molecule has 1 aliphatic rings. The molecule has 2 aromatic rings. The highest BCUT2D eigenvalue weighted by molar-refractivity contribution is 7.10. The minimum Gasteiger partial charge on any atom is -0.397 e. The van der Waals surface area contributed by atoms with Crippen molar-refractivity contribution in [3.8, 4) is 11.1 Å². The largest absolute Gasteiger partial charge is 0.397 e. The topological polar surface area (TPSA) is 52.7 Å². The lowest BCUT2D eigenvalue weighted by atomic mass is 10.0. The standard InChI is InChI=1S/C18H24ClN3OS/c1-13-8-14(10-17(19)18(13)20)15-9-16(24-12-15)11-22-4-2-21(3-5-22)6-7-23/h8-10,12,23H,2-7,11,20H2,1H3. The van der Waals surface area contributed by atoms with Crippen LogP contribution < -0.4 is 5.73 Å². The van der Waals surface area contributed by atoms with Crippen molar-refractivity contribution < 1.29 is 5.11 Å². The van der Waals surface area contributed by atoms with Gasteiger partial charge < -0.3 is 10.8 Å². The Morgan fingerprint density at radius 2 is 1.83 bits per heavy atom. The number of aliphatic hydroxyl groups is 1. The fourth-order valence-electron chi connectivity index (χ4n) is 3.07. The van der Waals surface area contributed by atoms with Gasteiger partial charge in [-0.2, -0.15) is 0 Å². The van der Waals surface area contributed by atoms with Crippen LogP contribution in [0.25, 0.3) is 11.1 Å². The molecule has 1 fully saturated rings. The first-order valence-electron chi connectivity index (χ1n) is 8.26. The third-order valence-corrected chi connectivity index (χ3v) is 5.82. The van der Waals surface area contributed by atoms with E-state index in [-0.39, 0.29) is 6.61 Å². The lowest BCUT2D eigenvalue weighted by Gasteiger charge is -2.34. The van der Waals surface area contributed by atoms with E-state index >= 15 is 0 Å². The van der Waals surface area contributed by atoms with Crippen LogP contribution in [0, 0.1) is 6.92 Å². The van der Waals surface area contributed by atoms with Crippen molar-refractivity contribution in [2.24, 2.45) is 0 Å². The van der Waals surface area contributed by atoms with Gasteiger partial charge in [0.05, 0.1) is 17.3 Å². The molecule has 1 aliphatic heterocycles. The molecule has 0 spiro atoms. The fraction of sp³-hybridized carbons (Fsp3) is 0.444. The van der Waals surface area contributed by atoms with Crippen LogP contribution in [0.3, 0.4) is 0 Å². The molecule has 2 heterocycles. The van der Waals surface area contributed by atoms with E-state index in [1.807, 2.05) is 13.0 Å². The van der Waals surface area contributed by atoms with Crippen LogP contribution in [-0.2, 0) is 6.54 Å². The predicted octanol–water partition coefficient (Wildman–Crippen LogP) is 3.07. The zero-order valence-electron chi connectivity index (χ0n) is 14.0. The van der Waals surface area contributed by atoms with Gasteiger partial charge in [0.15, 0.2) is 0 Å². The summed E-state index contributed by atoms with van der Waals surface area (Å²) < 4.78 is 0. The Morgan fingerprint density at radius 3 is 2.50 bits per heavy atom. The van der Waals surface area contributed by atoms with E-state index in [1.54, 1.807) is 11.3 Å². The normalized spacial score (nSPS) is 16.6. The highest BCUT2D eigenvalue weighted by Crippen LogP contribution is 2.32. The molecule has 1 saturated heterocycles. The Hall–Kier alpha value is -1.11. The van der Waals surface area contributed by atoms with Gasteiger partial charge in [-0.1, -0.05) is 11.6 Å². The summed E-state index contributed by atoms with van der Waals surface area (Å²) in [5.41, 5.74) is 9.95. The Bertz CT molecular complexity index is 672. The summed E-state index contributed by atoms with van der Waals surface area (Å²) in [6, 6.07) is 6.30. The first-order valence-corrected chi connectivity index (χ1v) is 9.51. The van der Waals surface area contributed by atoms with Gasteiger partial charge in [-0.25, -0.2) is 0 Å². The van der Waals surface area contributed by atoms with Crippen molar-refractivity contribution >= 4 is 28.6 Å². The molecule has 1 aromatic carbocycles. The number of nitrogen functional groups attached to an aromatic ring is 1. The third-order valence-electron chi connectivity index (χ3n) is 4.58. The van der Waals surface area contributed by atoms with Crippen LogP contribution >= 0.6 is 22.9 Å². The number of aryl methyl sites for hydroxylation is 1. The van der Waals surface area contributed by atoms with Crippen molar-refractivity contribution in [2.45, 2.75) is 13.5 Å². The number of benzene rings is 1. The minimum atomic E-state index is 0.248. The molecule has 3 rings (SSSR count). The summed E-state index contributed by atoms with van der Waals surface area (Å²) in [7, 11) is 0. The maximum absolute atomic E-state index is 9.02. The van der Waals surface area contributed by atoms with Gasteiger partial charge in [0, 0.05) is 44.1 Å². The molecule has 130 valence electrons. The number of thiophene rings is 1. The van der Waals surface area contributed by atoms with Gasteiger partial charge in [0.2, 0.25) is 0 Å². The number of aliphatic hydroxyl groups excluding tert-OH is 1. The van der Waals surface area contributed by atoms with Gasteiger partial charge in [-0.15, -0.1) is 11.3 Å². The fourth-order valence-corrected chi connectivity index (χ4v) is 4.27. The molecule has 3 N–H and O–H groups in total. The Balaban J connectivity index is 1.64. The average molecular weight is 366 g/mol. The molecule has 0 bridgehead atoms. The zero-order valence-corrected chi connectivity index (χ0v) is 15.5. The Morgan fingerprint density at radius 1 is 1.12 bits per heavy atom. The van der Waals surface area contributed by atoms with E-state index in [0.717, 1.165) is 50.4 Å². The Kier molecular flexibility index (Phi) is 5.79. The van der Waals surface area contributed by atoms with Gasteiger partial charge in [0.1, 0.15) is 0 Å². The van der Waals surface area contributed by atoms with Crippen LogP contribution in [0.5, 0.6) is 0 Å². The van der Waals surface area contributed by atoms with Crippen molar-refractivity contribution in [3.05, 3.63) is 39.0 Å². The molecule has 1 aromatic heterocycles. The maximum atomic E-state index is 9.02.